The summed E-state index contributed by atoms with van der Waals surface area (Å²) in [7, 11) is 0. The first-order valence-corrected chi connectivity index (χ1v) is 5.65. The van der Waals surface area contributed by atoms with Gasteiger partial charge in [0.15, 0.2) is 0 Å². The van der Waals surface area contributed by atoms with Gasteiger partial charge in [-0.25, -0.2) is 4.98 Å². The minimum atomic E-state index is 0.957. The number of aromatic nitrogens is 2. The number of hydrogen-bond acceptors (Lipinski definition) is 1. The van der Waals surface area contributed by atoms with Crippen LogP contribution in [0.5, 0.6) is 0 Å². The third kappa shape index (κ3) is 1.46. The lowest BCUT2D eigenvalue weighted by atomic mass is 10.2. The molecule has 0 fully saturated rings. The minimum Gasteiger partial charge on any atom is -0.302 e. The molecule has 2 heterocycles. The summed E-state index contributed by atoms with van der Waals surface area (Å²) in [4.78, 5) is 4.52. The Morgan fingerprint density at radius 2 is 2.29 bits per heavy atom. The van der Waals surface area contributed by atoms with Crippen molar-refractivity contribution in [3.05, 3.63) is 34.3 Å². The van der Waals surface area contributed by atoms with Crippen molar-refractivity contribution >= 4 is 21.4 Å². The van der Waals surface area contributed by atoms with Gasteiger partial charge >= 0.3 is 0 Å². The molecule has 0 unspecified atom stereocenters. The Kier molecular flexibility index (Phi) is 2.59. The Morgan fingerprint density at radius 1 is 1.50 bits per heavy atom. The maximum atomic E-state index is 4.52. The molecule has 14 heavy (non-hydrogen) atoms. The molecule has 0 aliphatic heterocycles. The van der Waals surface area contributed by atoms with E-state index in [4.69, 9.17) is 0 Å². The van der Waals surface area contributed by atoms with E-state index in [0.717, 1.165) is 23.3 Å². The standard InChI is InChI=1S/C11H13BrN2/c1-3-5-9-13-11(12)10-8(2)6-4-7-14(9)10/h4,6-7H,3,5H2,1-2H3. The normalized spacial score (nSPS) is 11.1. The van der Waals surface area contributed by atoms with Gasteiger partial charge in [-0.3, -0.25) is 0 Å². The summed E-state index contributed by atoms with van der Waals surface area (Å²) in [5.74, 6) is 1.14. The molecule has 0 aliphatic rings. The number of rotatable bonds is 2. The summed E-state index contributed by atoms with van der Waals surface area (Å²) in [6, 6.07) is 4.17. The summed E-state index contributed by atoms with van der Waals surface area (Å²) in [5, 5.41) is 0. The van der Waals surface area contributed by atoms with E-state index < -0.39 is 0 Å². The number of aryl methyl sites for hydroxylation is 2. The van der Waals surface area contributed by atoms with Crippen molar-refractivity contribution in [1.29, 1.82) is 0 Å². The maximum Gasteiger partial charge on any atom is 0.132 e. The summed E-state index contributed by atoms with van der Waals surface area (Å²) in [6.45, 7) is 4.28. The molecule has 0 N–H and O–H groups in total. The van der Waals surface area contributed by atoms with E-state index in [9.17, 15) is 0 Å². The van der Waals surface area contributed by atoms with E-state index in [1.165, 1.54) is 11.1 Å². The van der Waals surface area contributed by atoms with Gasteiger partial charge in [0.05, 0.1) is 5.52 Å². The van der Waals surface area contributed by atoms with Crippen molar-refractivity contribution in [3.63, 3.8) is 0 Å². The highest BCUT2D eigenvalue weighted by molar-refractivity contribution is 9.10. The van der Waals surface area contributed by atoms with Crippen LogP contribution in [0.25, 0.3) is 5.52 Å². The predicted octanol–water partition coefficient (Wildman–Crippen LogP) is 3.36. The van der Waals surface area contributed by atoms with E-state index in [1.807, 2.05) is 0 Å². The molecule has 0 spiro atoms. The van der Waals surface area contributed by atoms with Crippen LogP contribution < -0.4 is 0 Å². The van der Waals surface area contributed by atoms with Crippen LogP contribution in [0.2, 0.25) is 0 Å². The van der Waals surface area contributed by atoms with E-state index in [1.54, 1.807) is 0 Å². The average molecular weight is 253 g/mol. The van der Waals surface area contributed by atoms with Crippen LogP contribution in [0.1, 0.15) is 24.7 Å². The monoisotopic (exact) mass is 252 g/mol. The molecule has 2 rings (SSSR count). The van der Waals surface area contributed by atoms with Crippen LogP contribution in [0.15, 0.2) is 22.9 Å². The molecule has 3 heteroatoms. The first-order valence-electron chi connectivity index (χ1n) is 4.86. The van der Waals surface area contributed by atoms with E-state index in [-0.39, 0.29) is 0 Å². The number of nitrogens with zero attached hydrogens (tertiary/aromatic N) is 2. The Labute approximate surface area is 92.1 Å². The molecule has 0 saturated carbocycles. The number of halogens is 1. The first-order chi connectivity index (χ1) is 6.74. The molecule has 0 atom stereocenters. The minimum absolute atomic E-state index is 0.957. The van der Waals surface area contributed by atoms with Gasteiger partial charge in [-0.2, -0.15) is 0 Å². The summed E-state index contributed by atoms with van der Waals surface area (Å²) in [5.41, 5.74) is 2.45. The van der Waals surface area contributed by atoms with Crippen LogP contribution >= 0.6 is 15.9 Å². The van der Waals surface area contributed by atoms with Gasteiger partial charge in [0, 0.05) is 12.6 Å². The van der Waals surface area contributed by atoms with E-state index >= 15 is 0 Å². The van der Waals surface area contributed by atoms with Gasteiger partial charge in [0.25, 0.3) is 0 Å². The topological polar surface area (TPSA) is 17.3 Å². The molecule has 2 aromatic heterocycles. The highest BCUT2D eigenvalue weighted by Gasteiger charge is 2.09. The van der Waals surface area contributed by atoms with E-state index in [2.05, 4.69) is 57.5 Å². The van der Waals surface area contributed by atoms with Gasteiger partial charge in [-0.05, 0) is 40.9 Å². The van der Waals surface area contributed by atoms with Crippen molar-refractivity contribution < 1.29 is 0 Å². The summed E-state index contributed by atoms with van der Waals surface area (Å²) in [6.07, 6.45) is 4.22. The molecular weight excluding hydrogens is 240 g/mol. The fraction of sp³-hybridized carbons (Fsp3) is 0.364. The zero-order chi connectivity index (χ0) is 10.1. The molecular formula is C11H13BrN2. The first kappa shape index (κ1) is 9.71. The van der Waals surface area contributed by atoms with Gasteiger partial charge in [0.2, 0.25) is 0 Å². The molecule has 0 amide bonds. The van der Waals surface area contributed by atoms with Crippen molar-refractivity contribution in [2.24, 2.45) is 0 Å². The van der Waals surface area contributed by atoms with Gasteiger partial charge in [-0.15, -0.1) is 0 Å². The maximum absolute atomic E-state index is 4.52. The molecule has 2 aromatic rings. The second-order valence-corrected chi connectivity index (χ2v) is 4.23. The van der Waals surface area contributed by atoms with E-state index in [0.29, 0.717) is 0 Å². The third-order valence-electron chi connectivity index (χ3n) is 2.37. The lowest BCUT2D eigenvalue weighted by molar-refractivity contribution is 0.829. The van der Waals surface area contributed by atoms with Crippen LogP contribution in [0.4, 0.5) is 0 Å². The zero-order valence-electron chi connectivity index (χ0n) is 8.42. The Morgan fingerprint density at radius 3 is 3.00 bits per heavy atom. The fourth-order valence-electron chi connectivity index (χ4n) is 1.71. The number of fused-ring (bicyclic) bond motifs is 1. The molecule has 0 bridgehead atoms. The fourth-order valence-corrected chi connectivity index (χ4v) is 2.42. The quantitative estimate of drug-likeness (QED) is 0.802. The molecule has 2 nitrogen and oxygen atoms in total. The van der Waals surface area contributed by atoms with Crippen LogP contribution in [0, 0.1) is 6.92 Å². The number of hydrogen-bond donors (Lipinski definition) is 0. The highest BCUT2D eigenvalue weighted by atomic mass is 79.9. The number of imidazole rings is 1. The lowest BCUT2D eigenvalue weighted by Crippen LogP contribution is -1.93. The highest BCUT2D eigenvalue weighted by Crippen LogP contribution is 2.22. The van der Waals surface area contributed by atoms with Gasteiger partial charge < -0.3 is 4.40 Å². The van der Waals surface area contributed by atoms with Crippen molar-refractivity contribution in [2.75, 3.05) is 0 Å². The van der Waals surface area contributed by atoms with Crippen molar-refractivity contribution in [3.8, 4) is 0 Å². The Balaban J connectivity index is 2.71. The lowest BCUT2D eigenvalue weighted by Gasteiger charge is -2.00. The number of pyridine rings is 1. The average Bonchev–Trinajstić information content (AvgIpc) is 2.46. The van der Waals surface area contributed by atoms with Gasteiger partial charge in [-0.1, -0.05) is 13.0 Å². The summed E-state index contributed by atoms with van der Waals surface area (Å²) >= 11 is 3.51. The van der Waals surface area contributed by atoms with Gasteiger partial charge in [0.1, 0.15) is 10.4 Å². The van der Waals surface area contributed by atoms with Crippen LogP contribution in [-0.4, -0.2) is 9.38 Å². The second kappa shape index (κ2) is 3.73. The Bertz CT molecular complexity index is 460. The Hall–Kier alpha value is -0.830. The molecule has 0 saturated heterocycles. The molecule has 74 valence electrons. The molecule has 0 radical (unpaired) electrons. The van der Waals surface area contributed by atoms with Crippen molar-refractivity contribution in [2.45, 2.75) is 26.7 Å². The third-order valence-corrected chi connectivity index (χ3v) is 2.92. The second-order valence-electron chi connectivity index (χ2n) is 3.48. The molecule has 0 aromatic carbocycles. The van der Waals surface area contributed by atoms with Crippen LogP contribution in [-0.2, 0) is 6.42 Å². The SMILES string of the molecule is CCCc1nc(Br)c2c(C)cccn12. The predicted molar refractivity (Wildman–Crippen MR) is 61.6 cm³/mol. The smallest absolute Gasteiger partial charge is 0.132 e. The summed E-state index contributed by atoms with van der Waals surface area (Å²) < 4.78 is 3.13. The largest absolute Gasteiger partial charge is 0.302 e. The van der Waals surface area contributed by atoms with Crippen molar-refractivity contribution in [1.82, 2.24) is 9.38 Å². The zero-order valence-corrected chi connectivity index (χ0v) is 10.0. The van der Waals surface area contributed by atoms with Crippen LogP contribution in [0.3, 0.4) is 0 Å². The molecule has 0 aliphatic carbocycles.